The lowest BCUT2D eigenvalue weighted by atomic mass is 10.3. The van der Waals surface area contributed by atoms with E-state index in [0.29, 0.717) is 24.6 Å². The van der Waals surface area contributed by atoms with Crippen molar-refractivity contribution < 1.29 is 17.9 Å². The molecule has 2 aromatic rings. The average Bonchev–Trinajstić information content (AvgIpc) is 2.96. The molecule has 1 aromatic heterocycles. The van der Waals surface area contributed by atoms with E-state index < -0.39 is 15.9 Å². The van der Waals surface area contributed by atoms with Gasteiger partial charge in [0.2, 0.25) is 10.0 Å². The first-order chi connectivity index (χ1) is 11.8. The summed E-state index contributed by atoms with van der Waals surface area (Å²) in [4.78, 5) is 12.5. The number of aryl methyl sites for hydroxylation is 1. The van der Waals surface area contributed by atoms with E-state index in [1.165, 1.54) is 30.9 Å². The van der Waals surface area contributed by atoms with E-state index in [1.54, 1.807) is 31.3 Å². The first-order valence-electron chi connectivity index (χ1n) is 7.59. The number of carbonyl (C=O) groups excluding carboxylic acids is 1. The maximum atomic E-state index is 12.4. The van der Waals surface area contributed by atoms with E-state index in [4.69, 9.17) is 10.5 Å². The summed E-state index contributed by atoms with van der Waals surface area (Å²) in [5, 5.41) is 2.73. The summed E-state index contributed by atoms with van der Waals surface area (Å²) in [5.41, 5.74) is 6.18. The number of anilines is 1. The molecule has 0 aliphatic rings. The van der Waals surface area contributed by atoms with E-state index in [1.807, 2.05) is 0 Å². The third-order valence-electron chi connectivity index (χ3n) is 3.49. The number of aromatic nitrogens is 1. The number of benzene rings is 1. The van der Waals surface area contributed by atoms with Crippen LogP contribution in [-0.4, -0.2) is 50.4 Å². The molecule has 0 unspecified atom stereocenters. The summed E-state index contributed by atoms with van der Waals surface area (Å²) < 4.78 is 32.3. The lowest BCUT2D eigenvalue weighted by Gasteiger charge is -2.08. The highest BCUT2D eigenvalue weighted by Crippen LogP contribution is 2.19. The van der Waals surface area contributed by atoms with Gasteiger partial charge in [0, 0.05) is 39.6 Å². The van der Waals surface area contributed by atoms with Crippen molar-refractivity contribution in [3.8, 4) is 5.75 Å². The van der Waals surface area contributed by atoms with Gasteiger partial charge in [-0.3, -0.25) is 4.79 Å². The number of hydrogen-bond acceptors (Lipinski definition) is 5. The average molecular weight is 403 g/mol. The molecule has 1 aromatic carbocycles. The Morgan fingerprint density at radius 3 is 2.42 bits per heavy atom. The molecular formula is C16H23ClN4O4S. The fourth-order valence-electron chi connectivity index (χ4n) is 2.12. The normalized spacial score (nSPS) is 11.1. The Labute approximate surface area is 159 Å². The number of sulfonamides is 1. The second kappa shape index (κ2) is 9.04. The quantitative estimate of drug-likeness (QED) is 0.725. The van der Waals surface area contributed by atoms with Gasteiger partial charge in [-0.05, 0) is 30.3 Å². The molecular weight excluding hydrogens is 380 g/mol. The summed E-state index contributed by atoms with van der Waals surface area (Å²) in [5.74, 6) is 0.250. The van der Waals surface area contributed by atoms with Crippen molar-refractivity contribution in [1.82, 2.24) is 8.87 Å². The molecule has 0 spiro atoms. The number of hydrogen-bond donors (Lipinski definition) is 2. The molecule has 0 saturated heterocycles. The molecule has 2 rings (SSSR count). The molecule has 0 atom stereocenters. The zero-order chi connectivity index (χ0) is 18.6. The van der Waals surface area contributed by atoms with Crippen LogP contribution in [0.25, 0.3) is 0 Å². The van der Waals surface area contributed by atoms with Crippen molar-refractivity contribution >= 4 is 34.0 Å². The lowest BCUT2D eigenvalue weighted by Crippen LogP contribution is -2.21. The van der Waals surface area contributed by atoms with Gasteiger partial charge in [-0.25, -0.2) is 12.7 Å². The maximum Gasteiger partial charge on any atom is 0.272 e. The predicted octanol–water partition coefficient (Wildman–Crippen LogP) is 1.29. The van der Waals surface area contributed by atoms with Crippen molar-refractivity contribution in [2.75, 3.05) is 32.6 Å². The van der Waals surface area contributed by atoms with Gasteiger partial charge in [0.05, 0.1) is 0 Å². The highest BCUT2D eigenvalue weighted by Gasteiger charge is 2.22. The highest BCUT2D eigenvalue weighted by molar-refractivity contribution is 7.89. The van der Waals surface area contributed by atoms with Gasteiger partial charge in [-0.1, -0.05) is 0 Å². The van der Waals surface area contributed by atoms with Crippen LogP contribution in [0.5, 0.6) is 5.75 Å². The third kappa shape index (κ3) is 4.98. The van der Waals surface area contributed by atoms with E-state index in [9.17, 15) is 13.2 Å². The van der Waals surface area contributed by atoms with Gasteiger partial charge >= 0.3 is 0 Å². The molecule has 3 N–H and O–H groups in total. The highest BCUT2D eigenvalue weighted by atomic mass is 35.5. The molecule has 0 radical (unpaired) electrons. The maximum absolute atomic E-state index is 12.4. The van der Waals surface area contributed by atoms with Gasteiger partial charge in [0.25, 0.3) is 5.91 Å². The van der Waals surface area contributed by atoms with Gasteiger partial charge in [-0.2, -0.15) is 0 Å². The van der Waals surface area contributed by atoms with Crippen LogP contribution >= 0.6 is 12.4 Å². The fraction of sp³-hybridized carbons (Fsp3) is 0.312. The Kier molecular flexibility index (Phi) is 7.64. The fourth-order valence-corrected chi connectivity index (χ4v) is 3.09. The van der Waals surface area contributed by atoms with Crippen LogP contribution in [0.2, 0.25) is 0 Å². The summed E-state index contributed by atoms with van der Waals surface area (Å²) in [6, 6.07) is 8.19. The van der Waals surface area contributed by atoms with Crippen LogP contribution in [0, 0.1) is 0 Å². The number of ether oxygens (including phenoxy) is 1. The van der Waals surface area contributed by atoms with Crippen molar-refractivity contribution in [3.05, 3.63) is 42.2 Å². The van der Waals surface area contributed by atoms with E-state index in [0.717, 1.165) is 4.31 Å². The molecule has 8 nitrogen and oxygen atoms in total. The second-order valence-electron chi connectivity index (χ2n) is 5.58. The van der Waals surface area contributed by atoms with E-state index in [2.05, 4.69) is 5.32 Å². The zero-order valence-electron chi connectivity index (χ0n) is 14.8. The Balaban J connectivity index is 0.00000338. The van der Waals surface area contributed by atoms with Crippen molar-refractivity contribution in [2.45, 2.75) is 4.90 Å². The van der Waals surface area contributed by atoms with Gasteiger partial charge in [-0.15, -0.1) is 12.4 Å². The van der Waals surface area contributed by atoms with Crippen LogP contribution < -0.4 is 15.8 Å². The molecule has 1 amide bonds. The number of rotatable bonds is 7. The number of halogens is 1. The van der Waals surface area contributed by atoms with Crippen molar-refractivity contribution in [3.63, 3.8) is 0 Å². The SMILES string of the molecule is CN(C)S(=O)(=O)c1cc(C(=O)Nc2ccc(OCCN)cc2)n(C)c1.Cl. The Hall–Kier alpha value is -2.07. The van der Waals surface area contributed by atoms with Gasteiger partial charge in [0.1, 0.15) is 22.9 Å². The smallest absolute Gasteiger partial charge is 0.272 e. The minimum atomic E-state index is -3.59. The largest absolute Gasteiger partial charge is 0.492 e. The molecule has 26 heavy (non-hydrogen) atoms. The van der Waals surface area contributed by atoms with Gasteiger partial charge in [0.15, 0.2) is 0 Å². The molecule has 0 aliphatic carbocycles. The first kappa shape index (κ1) is 22.0. The standard InChI is InChI=1S/C16H22N4O4S.ClH/c1-19(2)25(22,23)14-10-15(20(3)11-14)16(21)18-12-4-6-13(7-5-12)24-9-8-17;/h4-7,10-11H,8-9,17H2,1-3H3,(H,18,21);1H. The van der Waals surface area contributed by atoms with E-state index in [-0.39, 0.29) is 23.0 Å². The molecule has 10 heteroatoms. The minimum absolute atomic E-state index is 0. The van der Waals surface area contributed by atoms with Crippen molar-refractivity contribution in [1.29, 1.82) is 0 Å². The Morgan fingerprint density at radius 2 is 1.88 bits per heavy atom. The van der Waals surface area contributed by atoms with Gasteiger partial charge < -0.3 is 20.4 Å². The zero-order valence-corrected chi connectivity index (χ0v) is 16.4. The van der Waals surface area contributed by atoms with Crippen LogP contribution in [0.1, 0.15) is 10.5 Å². The third-order valence-corrected chi connectivity index (χ3v) is 5.27. The van der Waals surface area contributed by atoms with Crippen LogP contribution in [0.4, 0.5) is 5.69 Å². The van der Waals surface area contributed by atoms with E-state index >= 15 is 0 Å². The topological polar surface area (TPSA) is 107 Å². The minimum Gasteiger partial charge on any atom is -0.492 e. The Morgan fingerprint density at radius 1 is 1.27 bits per heavy atom. The molecule has 0 fully saturated rings. The monoisotopic (exact) mass is 402 g/mol. The Bertz CT molecular complexity index is 848. The van der Waals surface area contributed by atoms with Crippen LogP contribution in [-0.2, 0) is 17.1 Å². The molecule has 1 heterocycles. The number of nitrogens with two attached hydrogens (primary N) is 1. The second-order valence-corrected chi connectivity index (χ2v) is 7.73. The number of nitrogens with one attached hydrogen (secondary N) is 1. The van der Waals surface area contributed by atoms with Crippen LogP contribution in [0.3, 0.4) is 0 Å². The summed E-state index contributed by atoms with van der Waals surface area (Å²) in [7, 11) is 0.906. The first-order valence-corrected chi connectivity index (χ1v) is 9.03. The molecule has 144 valence electrons. The van der Waals surface area contributed by atoms with Crippen molar-refractivity contribution in [2.24, 2.45) is 12.8 Å². The van der Waals surface area contributed by atoms with Crippen LogP contribution in [0.15, 0.2) is 41.4 Å². The number of amides is 1. The summed E-state index contributed by atoms with van der Waals surface area (Å²) in [6.45, 7) is 0.836. The lowest BCUT2D eigenvalue weighted by molar-refractivity contribution is 0.101. The summed E-state index contributed by atoms with van der Waals surface area (Å²) in [6.07, 6.45) is 1.41. The molecule has 0 bridgehead atoms. The predicted molar refractivity (Wildman–Crippen MR) is 102 cm³/mol. The number of nitrogens with zero attached hydrogens (tertiary/aromatic N) is 2. The molecule has 0 aliphatic heterocycles. The number of carbonyl (C=O) groups is 1. The molecule has 0 saturated carbocycles. The summed E-state index contributed by atoms with van der Waals surface area (Å²) >= 11 is 0.